The van der Waals surface area contributed by atoms with Gasteiger partial charge in [0.05, 0.1) is 5.92 Å². The Balaban J connectivity index is 1.89. The van der Waals surface area contributed by atoms with Crippen molar-refractivity contribution < 1.29 is 14.7 Å². The van der Waals surface area contributed by atoms with Gasteiger partial charge in [0, 0.05) is 30.9 Å². The van der Waals surface area contributed by atoms with Gasteiger partial charge in [0.15, 0.2) is 4.96 Å². The summed E-state index contributed by atoms with van der Waals surface area (Å²) >= 11 is 1.30. The van der Waals surface area contributed by atoms with Gasteiger partial charge in [-0.25, -0.2) is 4.98 Å². The highest BCUT2D eigenvalue weighted by atomic mass is 32.1. The summed E-state index contributed by atoms with van der Waals surface area (Å²) in [6.07, 6.45) is 2.81. The van der Waals surface area contributed by atoms with Crippen LogP contribution in [0.25, 0.3) is 4.96 Å². The maximum Gasteiger partial charge on any atom is 0.310 e. The minimum atomic E-state index is -0.924. The molecule has 0 aromatic carbocycles. The SMILES string of the molecule is O=C(O)C1CN(C(=O)c2cnc3sccn3c2=O)C1. The zero-order valence-corrected chi connectivity index (χ0v) is 10.5. The van der Waals surface area contributed by atoms with E-state index in [1.165, 1.54) is 26.8 Å². The highest BCUT2D eigenvalue weighted by molar-refractivity contribution is 7.15. The van der Waals surface area contributed by atoms with E-state index in [2.05, 4.69) is 4.98 Å². The van der Waals surface area contributed by atoms with E-state index in [9.17, 15) is 14.4 Å². The summed E-state index contributed by atoms with van der Waals surface area (Å²) in [6.45, 7) is 0.278. The summed E-state index contributed by atoms with van der Waals surface area (Å²) in [5.74, 6) is -1.92. The number of nitrogens with zero attached hydrogens (tertiary/aromatic N) is 3. The lowest BCUT2D eigenvalue weighted by molar-refractivity contribution is -0.146. The highest BCUT2D eigenvalue weighted by Gasteiger charge is 2.36. The van der Waals surface area contributed by atoms with Gasteiger partial charge in [-0.3, -0.25) is 18.8 Å². The first-order valence-corrected chi connectivity index (χ1v) is 6.43. The number of carboxylic acids is 1. The van der Waals surface area contributed by atoms with Crippen LogP contribution < -0.4 is 5.56 Å². The van der Waals surface area contributed by atoms with Gasteiger partial charge < -0.3 is 10.0 Å². The fourth-order valence-electron chi connectivity index (χ4n) is 1.94. The Morgan fingerprint density at radius 2 is 2.16 bits per heavy atom. The fraction of sp³-hybridized carbons (Fsp3) is 0.273. The third kappa shape index (κ3) is 1.80. The van der Waals surface area contributed by atoms with Crippen LogP contribution in [0.5, 0.6) is 0 Å². The van der Waals surface area contributed by atoms with Crippen molar-refractivity contribution in [1.29, 1.82) is 0 Å². The van der Waals surface area contributed by atoms with E-state index in [1.807, 2.05) is 0 Å². The first-order valence-electron chi connectivity index (χ1n) is 5.55. The summed E-state index contributed by atoms with van der Waals surface area (Å²) in [7, 11) is 0. The number of aliphatic carboxylic acids is 1. The van der Waals surface area contributed by atoms with E-state index in [0.29, 0.717) is 4.96 Å². The zero-order valence-electron chi connectivity index (χ0n) is 9.65. The Bertz CT molecular complexity index is 729. The molecule has 19 heavy (non-hydrogen) atoms. The molecule has 1 fully saturated rings. The average molecular weight is 279 g/mol. The van der Waals surface area contributed by atoms with Gasteiger partial charge in [0.1, 0.15) is 5.56 Å². The molecule has 3 rings (SSSR count). The molecule has 0 atom stereocenters. The number of hydrogen-bond acceptors (Lipinski definition) is 5. The summed E-state index contributed by atoms with van der Waals surface area (Å²) in [5.41, 5.74) is -0.449. The van der Waals surface area contributed by atoms with Gasteiger partial charge in [-0.05, 0) is 0 Å². The molecule has 0 radical (unpaired) electrons. The van der Waals surface area contributed by atoms with Gasteiger partial charge in [-0.2, -0.15) is 0 Å². The maximum atomic E-state index is 12.1. The molecule has 0 spiro atoms. The molecule has 1 aliphatic rings. The Morgan fingerprint density at radius 3 is 2.84 bits per heavy atom. The number of carbonyl (C=O) groups is 2. The lowest BCUT2D eigenvalue weighted by Crippen LogP contribution is -2.54. The second-order valence-electron chi connectivity index (χ2n) is 4.28. The Hall–Kier alpha value is -2.22. The molecule has 2 aromatic heterocycles. The molecular weight excluding hydrogens is 270 g/mol. The second kappa shape index (κ2) is 4.16. The number of amides is 1. The van der Waals surface area contributed by atoms with Gasteiger partial charge >= 0.3 is 5.97 Å². The van der Waals surface area contributed by atoms with Crippen LogP contribution in [0.2, 0.25) is 0 Å². The largest absolute Gasteiger partial charge is 0.481 e. The summed E-state index contributed by atoms with van der Waals surface area (Å²) in [6, 6.07) is 0. The van der Waals surface area contributed by atoms with Crippen molar-refractivity contribution >= 4 is 28.2 Å². The lowest BCUT2D eigenvalue weighted by Gasteiger charge is -2.36. The molecule has 0 unspecified atom stereocenters. The van der Waals surface area contributed by atoms with Crippen LogP contribution in [0.4, 0.5) is 0 Å². The zero-order chi connectivity index (χ0) is 13.6. The number of aromatic nitrogens is 2. The number of carboxylic acid groups (broad SMARTS) is 1. The topological polar surface area (TPSA) is 92.0 Å². The second-order valence-corrected chi connectivity index (χ2v) is 5.15. The molecule has 3 heterocycles. The van der Waals surface area contributed by atoms with Crippen LogP contribution in [0, 0.1) is 5.92 Å². The predicted octanol–water partition coefficient (Wildman–Crippen LogP) is -0.0874. The van der Waals surface area contributed by atoms with Crippen molar-refractivity contribution in [3.05, 3.63) is 33.7 Å². The van der Waals surface area contributed by atoms with Gasteiger partial charge in [-0.1, -0.05) is 0 Å². The van der Waals surface area contributed by atoms with Gasteiger partial charge in [0.2, 0.25) is 0 Å². The number of carbonyl (C=O) groups excluding carboxylic acids is 1. The first-order chi connectivity index (χ1) is 9.08. The molecule has 7 nitrogen and oxygen atoms in total. The quantitative estimate of drug-likeness (QED) is 0.829. The fourth-order valence-corrected chi connectivity index (χ4v) is 2.62. The van der Waals surface area contributed by atoms with Crippen LogP contribution in [-0.4, -0.2) is 44.4 Å². The number of thiazole rings is 1. The van der Waals surface area contributed by atoms with Crippen LogP contribution in [0.1, 0.15) is 10.4 Å². The van der Waals surface area contributed by atoms with Crippen LogP contribution >= 0.6 is 11.3 Å². The van der Waals surface area contributed by atoms with E-state index in [-0.39, 0.29) is 18.7 Å². The van der Waals surface area contributed by atoms with Crippen LogP contribution in [-0.2, 0) is 4.79 Å². The lowest BCUT2D eigenvalue weighted by atomic mass is 10.00. The van der Waals surface area contributed by atoms with Crippen molar-refractivity contribution in [1.82, 2.24) is 14.3 Å². The van der Waals surface area contributed by atoms with E-state index in [1.54, 1.807) is 11.6 Å². The Kier molecular flexibility index (Phi) is 2.59. The number of hydrogen-bond donors (Lipinski definition) is 1. The van der Waals surface area contributed by atoms with E-state index < -0.39 is 23.4 Å². The average Bonchev–Trinajstić information content (AvgIpc) is 2.75. The smallest absolute Gasteiger partial charge is 0.310 e. The molecule has 0 saturated carbocycles. The molecule has 1 saturated heterocycles. The standard InChI is InChI=1S/C11H9N3O4S/c15-8(13-4-6(5-13)10(17)18)7-3-12-11-14(9(7)16)1-2-19-11/h1-3,6H,4-5H2,(H,17,18). The Morgan fingerprint density at radius 1 is 1.42 bits per heavy atom. The molecule has 1 amide bonds. The van der Waals surface area contributed by atoms with Crippen molar-refractivity contribution in [3.63, 3.8) is 0 Å². The van der Waals surface area contributed by atoms with Crippen molar-refractivity contribution in [2.45, 2.75) is 0 Å². The van der Waals surface area contributed by atoms with E-state index >= 15 is 0 Å². The molecule has 0 bridgehead atoms. The summed E-state index contributed by atoms with van der Waals surface area (Å²) in [5, 5.41) is 10.5. The third-order valence-electron chi connectivity index (χ3n) is 3.09. The van der Waals surface area contributed by atoms with Crippen molar-refractivity contribution in [2.24, 2.45) is 5.92 Å². The number of fused-ring (bicyclic) bond motifs is 1. The molecule has 1 aliphatic heterocycles. The van der Waals surface area contributed by atoms with Crippen molar-refractivity contribution in [2.75, 3.05) is 13.1 Å². The number of likely N-dealkylation sites (tertiary alicyclic amines) is 1. The van der Waals surface area contributed by atoms with Gasteiger partial charge in [-0.15, -0.1) is 11.3 Å². The molecule has 98 valence electrons. The molecule has 8 heteroatoms. The normalized spacial score (nSPS) is 15.5. The maximum absolute atomic E-state index is 12.1. The monoisotopic (exact) mass is 279 g/mol. The minimum Gasteiger partial charge on any atom is -0.481 e. The first kappa shape index (κ1) is 11.8. The van der Waals surface area contributed by atoms with Crippen LogP contribution in [0.15, 0.2) is 22.6 Å². The molecule has 2 aromatic rings. The minimum absolute atomic E-state index is 0.0280. The van der Waals surface area contributed by atoms with Crippen molar-refractivity contribution in [3.8, 4) is 0 Å². The highest BCUT2D eigenvalue weighted by Crippen LogP contribution is 2.17. The van der Waals surface area contributed by atoms with Gasteiger partial charge in [0.25, 0.3) is 11.5 Å². The van der Waals surface area contributed by atoms with E-state index in [0.717, 1.165) is 0 Å². The predicted molar refractivity (Wildman–Crippen MR) is 66.4 cm³/mol. The molecular formula is C11H9N3O4S. The van der Waals surface area contributed by atoms with E-state index in [4.69, 9.17) is 5.11 Å². The summed E-state index contributed by atoms with van der Waals surface area (Å²) < 4.78 is 1.31. The Labute approximate surface area is 110 Å². The summed E-state index contributed by atoms with van der Waals surface area (Å²) in [4.78, 5) is 40.7. The number of rotatable bonds is 2. The molecule has 0 aliphatic carbocycles. The van der Waals surface area contributed by atoms with Crippen LogP contribution in [0.3, 0.4) is 0 Å². The molecule has 1 N–H and O–H groups in total. The third-order valence-corrected chi connectivity index (χ3v) is 3.86.